The van der Waals surface area contributed by atoms with Gasteiger partial charge < -0.3 is 14.2 Å². The van der Waals surface area contributed by atoms with Gasteiger partial charge >= 0.3 is 5.97 Å². The van der Waals surface area contributed by atoms with Crippen molar-refractivity contribution in [3.63, 3.8) is 0 Å². The van der Waals surface area contributed by atoms with Gasteiger partial charge in [0.05, 0.1) is 11.5 Å². The first-order valence-electron chi connectivity index (χ1n) is 17.7. The zero-order valence-corrected chi connectivity index (χ0v) is 29.5. The lowest BCUT2D eigenvalue weighted by atomic mass is 10.0. The number of benzene rings is 3. The van der Waals surface area contributed by atoms with Crippen molar-refractivity contribution in [2.75, 3.05) is 19.8 Å². The van der Waals surface area contributed by atoms with Crippen molar-refractivity contribution >= 4 is 37.6 Å². The lowest BCUT2D eigenvalue weighted by Gasteiger charge is -2.20. The summed E-state index contributed by atoms with van der Waals surface area (Å²) < 4.78 is 51.2. The molecule has 8 heteroatoms. The summed E-state index contributed by atoms with van der Waals surface area (Å²) in [6.07, 6.45) is 20.2. The highest BCUT2D eigenvalue weighted by Crippen LogP contribution is 2.36. The van der Waals surface area contributed by atoms with Gasteiger partial charge in [-0.15, -0.1) is 0 Å². The molecule has 0 radical (unpaired) electrons. The zero-order valence-electron chi connectivity index (χ0n) is 28.6. The lowest BCUT2D eigenvalue weighted by Crippen LogP contribution is -2.30. The molecule has 0 aliphatic rings. The molecule has 260 valence electrons. The van der Waals surface area contributed by atoms with E-state index in [0.29, 0.717) is 17.7 Å². The molecular weight excluding hydrogens is 612 g/mol. The molecule has 1 unspecified atom stereocenters. The normalized spacial score (nSPS) is 12.4. The third-order valence-corrected chi connectivity index (χ3v) is 9.42. The maximum absolute atomic E-state index is 12.4. The van der Waals surface area contributed by atoms with Crippen LogP contribution in [0.4, 0.5) is 0 Å². The van der Waals surface area contributed by atoms with Crippen molar-refractivity contribution in [2.24, 2.45) is 0 Å². The first-order valence-corrected chi connectivity index (χ1v) is 19.1. The molecule has 7 nitrogen and oxygen atoms in total. The highest BCUT2D eigenvalue weighted by molar-refractivity contribution is 7.85. The first kappa shape index (κ1) is 38.5. The lowest BCUT2D eigenvalue weighted by molar-refractivity contribution is -0.149. The number of carbonyl (C=O) groups is 1. The monoisotopic (exact) mass is 668 g/mol. The van der Waals surface area contributed by atoms with Gasteiger partial charge in [-0.3, -0.25) is 4.55 Å². The molecule has 0 saturated carbocycles. The van der Waals surface area contributed by atoms with Gasteiger partial charge in [0.15, 0.2) is 6.10 Å². The van der Waals surface area contributed by atoms with Crippen molar-refractivity contribution in [3.8, 4) is 5.75 Å². The van der Waals surface area contributed by atoms with Crippen LogP contribution in [-0.2, 0) is 24.4 Å². The molecule has 0 bridgehead atoms. The Balaban J connectivity index is 1.42. The minimum atomic E-state index is -4.41. The van der Waals surface area contributed by atoms with Gasteiger partial charge in [0, 0.05) is 23.0 Å². The molecule has 0 aliphatic carbocycles. The van der Waals surface area contributed by atoms with Gasteiger partial charge in [-0.05, 0) is 42.3 Å². The maximum Gasteiger partial charge on any atom is 0.333 e. The predicted octanol–water partition coefficient (Wildman–Crippen LogP) is 10.4. The zero-order chi connectivity index (χ0) is 33.9. The first-order chi connectivity index (χ1) is 22.7. The molecule has 0 spiro atoms. The second kappa shape index (κ2) is 21.1. The molecule has 0 aliphatic heterocycles. The Morgan fingerprint density at radius 2 is 1.30 bits per heavy atom. The number of esters is 1. The van der Waals surface area contributed by atoms with E-state index in [0.717, 1.165) is 29.0 Å². The van der Waals surface area contributed by atoms with Crippen molar-refractivity contribution in [2.45, 2.75) is 128 Å². The van der Waals surface area contributed by atoms with Crippen molar-refractivity contribution in [3.05, 3.63) is 60.7 Å². The summed E-state index contributed by atoms with van der Waals surface area (Å²) in [6, 6.07) is 13.9. The molecule has 0 heterocycles. The Morgan fingerprint density at radius 3 is 1.87 bits per heavy atom. The number of fused-ring (bicyclic) bond motifs is 2. The Hall–Kier alpha value is -2.94. The third-order valence-electron chi connectivity index (χ3n) is 8.57. The van der Waals surface area contributed by atoms with Crippen LogP contribution in [0.2, 0.25) is 0 Å². The third kappa shape index (κ3) is 14.0. The highest BCUT2D eigenvalue weighted by atomic mass is 32.2. The summed E-state index contributed by atoms with van der Waals surface area (Å²) in [4.78, 5) is 12.2. The van der Waals surface area contributed by atoms with Crippen molar-refractivity contribution in [1.29, 1.82) is 0 Å². The number of rotatable bonds is 25. The Kier molecular flexibility index (Phi) is 17.3. The molecular formula is C39H56O7S. The van der Waals surface area contributed by atoms with E-state index in [1.807, 2.05) is 30.3 Å². The predicted molar refractivity (Wildman–Crippen MR) is 192 cm³/mol. The second-order valence-electron chi connectivity index (χ2n) is 12.8. The van der Waals surface area contributed by atoms with Crippen molar-refractivity contribution < 1.29 is 32.0 Å². The Bertz CT molecular complexity index is 1500. The van der Waals surface area contributed by atoms with E-state index < -0.39 is 22.2 Å². The molecule has 0 amide bonds. The van der Waals surface area contributed by atoms with Gasteiger partial charge in [0.25, 0.3) is 10.1 Å². The summed E-state index contributed by atoms with van der Waals surface area (Å²) in [7, 11) is -4.41. The van der Waals surface area contributed by atoms with E-state index in [2.05, 4.69) is 13.5 Å². The molecule has 3 aromatic rings. The largest absolute Gasteiger partial charge is 0.488 e. The van der Waals surface area contributed by atoms with E-state index in [-0.39, 0.29) is 23.7 Å². The van der Waals surface area contributed by atoms with E-state index in [1.54, 1.807) is 13.0 Å². The fourth-order valence-electron chi connectivity index (χ4n) is 5.83. The van der Waals surface area contributed by atoms with Crippen LogP contribution in [0.15, 0.2) is 65.6 Å². The molecule has 1 N–H and O–H groups in total. The number of hydrogen-bond donors (Lipinski definition) is 1. The number of unbranched alkanes of at least 4 members (excludes halogenated alkanes) is 15. The summed E-state index contributed by atoms with van der Waals surface area (Å²) >= 11 is 0. The van der Waals surface area contributed by atoms with Crippen molar-refractivity contribution in [1.82, 2.24) is 0 Å². The molecule has 3 aromatic carbocycles. The van der Waals surface area contributed by atoms with Crippen LogP contribution in [0.25, 0.3) is 21.5 Å². The molecule has 0 aromatic heterocycles. The average molecular weight is 669 g/mol. The molecule has 47 heavy (non-hydrogen) atoms. The summed E-state index contributed by atoms with van der Waals surface area (Å²) in [6.45, 7) is 8.27. The summed E-state index contributed by atoms with van der Waals surface area (Å²) in [5.41, 5.74) is 0.279. The Morgan fingerprint density at radius 1 is 0.745 bits per heavy atom. The van der Waals surface area contributed by atoms with Crippen LogP contribution in [0.3, 0.4) is 0 Å². The molecule has 3 rings (SSSR count). The van der Waals surface area contributed by atoms with Gasteiger partial charge in [0.2, 0.25) is 0 Å². The van der Waals surface area contributed by atoms with Gasteiger partial charge in [0.1, 0.15) is 12.4 Å². The van der Waals surface area contributed by atoms with Crippen LogP contribution in [0, 0.1) is 0 Å². The standard InChI is InChI=1S/C39H56O7S/c1-4-5-6-7-8-9-10-11-12-13-14-15-16-17-18-21-26-44-29-34(46-39(40)31(2)3)30-45-38-36-23-20-19-22-32(36)27-33-24-25-35(28-37(33)38)47(41,42)43/h19-20,22-25,27-28,34H,2,4-18,21,26,29-30H2,1,3H3,(H,41,42,43). The Labute approximate surface area is 282 Å². The van der Waals surface area contributed by atoms with Gasteiger partial charge in [-0.25, -0.2) is 4.79 Å². The fourth-order valence-corrected chi connectivity index (χ4v) is 6.33. The number of carbonyl (C=O) groups excluding carboxylic acids is 1. The quantitative estimate of drug-likeness (QED) is 0.0315. The van der Waals surface area contributed by atoms with Crippen LogP contribution >= 0.6 is 0 Å². The average Bonchev–Trinajstić information content (AvgIpc) is 3.05. The number of hydrogen-bond acceptors (Lipinski definition) is 6. The van der Waals surface area contributed by atoms with E-state index in [9.17, 15) is 17.8 Å². The van der Waals surface area contributed by atoms with E-state index >= 15 is 0 Å². The smallest absolute Gasteiger partial charge is 0.333 e. The molecule has 0 saturated heterocycles. The summed E-state index contributed by atoms with van der Waals surface area (Å²) in [5.74, 6) is -0.0844. The van der Waals surface area contributed by atoms with E-state index in [4.69, 9.17) is 14.2 Å². The van der Waals surface area contributed by atoms with Crippen LogP contribution in [-0.4, -0.2) is 44.9 Å². The van der Waals surface area contributed by atoms with Gasteiger partial charge in [-0.1, -0.05) is 140 Å². The second-order valence-corrected chi connectivity index (χ2v) is 14.2. The maximum atomic E-state index is 12.4. The molecule has 1 atom stereocenters. The fraction of sp³-hybridized carbons (Fsp3) is 0.564. The van der Waals surface area contributed by atoms with Crippen LogP contribution < -0.4 is 4.74 Å². The minimum Gasteiger partial charge on any atom is -0.488 e. The minimum absolute atomic E-state index is 0.00279. The number of ether oxygens (including phenoxy) is 3. The van der Waals surface area contributed by atoms with Crippen LogP contribution in [0.5, 0.6) is 5.75 Å². The molecule has 0 fully saturated rings. The highest BCUT2D eigenvalue weighted by Gasteiger charge is 2.20. The topological polar surface area (TPSA) is 99.1 Å². The summed E-state index contributed by atoms with van der Waals surface area (Å²) in [5, 5.41) is 2.95. The van der Waals surface area contributed by atoms with E-state index in [1.165, 1.54) is 102 Å². The van der Waals surface area contributed by atoms with Gasteiger partial charge in [-0.2, -0.15) is 8.42 Å². The van der Waals surface area contributed by atoms with Crippen LogP contribution in [0.1, 0.15) is 117 Å². The SMILES string of the molecule is C=C(C)C(=O)OC(COCCCCCCCCCCCCCCCCCC)COc1c2ccccc2cc2ccc(S(=O)(=O)O)cc12.